The van der Waals surface area contributed by atoms with Crippen molar-refractivity contribution < 1.29 is 0 Å². The molecule has 0 unspecified atom stereocenters. The van der Waals surface area contributed by atoms with Crippen LogP contribution in [0.4, 0.5) is 0 Å². The van der Waals surface area contributed by atoms with Gasteiger partial charge in [0, 0.05) is 62.6 Å². The van der Waals surface area contributed by atoms with E-state index in [-0.39, 0.29) is 0 Å². The molecule has 0 atom stereocenters. The Morgan fingerprint density at radius 3 is 1.87 bits per heavy atom. The number of benzene rings is 7. The highest BCUT2D eigenvalue weighted by Crippen LogP contribution is 2.43. The molecular formula is C46H26N4S3. The molecule has 0 bridgehead atoms. The van der Waals surface area contributed by atoms with Crippen molar-refractivity contribution in [3.05, 3.63) is 158 Å². The second kappa shape index (κ2) is 12.2. The Balaban J connectivity index is 1.06. The summed E-state index contributed by atoms with van der Waals surface area (Å²) in [7, 11) is 0. The molecule has 0 saturated heterocycles. The number of thiophene rings is 2. The molecule has 4 nitrogen and oxygen atoms in total. The highest BCUT2D eigenvalue weighted by atomic mass is 32.1. The molecule has 0 amide bonds. The standard InChI is InChI=1S/C46H26N4S3/c1-3-11-27(12-4-1)29-21-23-36-40(26-29)53-46(47-36)30-22-24-38-35(25-30)31-16-9-18-34(42(31)52-38)45-49-43(28-13-5-2-6-14-28)48-44(50-45)33-17-10-20-39-41(33)32-15-7-8-19-37(32)51-39/h1-26H. The largest absolute Gasteiger partial charge is 0.236 e. The fourth-order valence-electron chi connectivity index (χ4n) is 7.26. The molecule has 4 heterocycles. The van der Waals surface area contributed by atoms with Crippen molar-refractivity contribution in [1.82, 2.24) is 19.9 Å². The summed E-state index contributed by atoms with van der Waals surface area (Å²) in [5, 5.41) is 5.82. The first-order valence-electron chi connectivity index (χ1n) is 17.4. The molecule has 7 heteroatoms. The Kier molecular flexibility index (Phi) is 7.05. The SMILES string of the molecule is c1ccc(-c2ccc3nc(-c4ccc5sc6c(-c7nc(-c8ccccc8)nc(-c8cccc9sc%10ccccc%10c89)n7)cccc6c5c4)sc3c2)cc1. The number of fused-ring (bicyclic) bond motifs is 7. The summed E-state index contributed by atoms with van der Waals surface area (Å²) in [5.74, 6) is 2.01. The van der Waals surface area contributed by atoms with Gasteiger partial charge in [0.2, 0.25) is 0 Å². The van der Waals surface area contributed by atoms with Crippen molar-refractivity contribution in [3.8, 4) is 55.9 Å². The highest BCUT2D eigenvalue weighted by Gasteiger charge is 2.20. The number of rotatable bonds is 5. The van der Waals surface area contributed by atoms with Crippen molar-refractivity contribution in [2.75, 3.05) is 0 Å². The van der Waals surface area contributed by atoms with Gasteiger partial charge in [-0.25, -0.2) is 19.9 Å². The molecule has 0 radical (unpaired) electrons. The summed E-state index contributed by atoms with van der Waals surface area (Å²) in [6, 6.07) is 55.5. The van der Waals surface area contributed by atoms with Crippen LogP contribution in [0.2, 0.25) is 0 Å². The summed E-state index contributed by atoms with van der Waals surface area (Å²) in [6.07, 6.45) is 0. The van der Waals surface area contributed by atoms with Crippen molar-refractivity contribution in [1.29, 1.82) is 0 Å². The van der Waals surface area contributed by atoms with E-state index in [1.165, 1.54) is 51.5 Å². The second-order valence-corrected chi connectivity index (χ2v) is 16.2. The molecule has 248 valence electrons. The van der Waals surface area contributed by atoms with E-state index in [4.69, 9.17) is 19.9 Å². The molecule has 0 aliphatic heterocycles. The van der Waals surface area contributed by atoms with E-state index >= 15 is 0 Å². The molecule has 0 fully saturated rings. The highest BCUT2D eigenvalue weighted by molar-refractivity contribution is 7.26. The third kappa shape index (κ3) is 5.16. The van der Waals surface area contributed by atoms with Gasteiger partial charge in [-0.1, -0.05) is 115 Å². The topological polar surface area (TPSA) is 51.6 Å². The first-order valence-corrected chi connectivity index (χ1v) is 19.8. The number of hydrogen-bond donors (Lipinski definition) is 0. The van der Waals surface area contributed by atoms with E-state index in [0.29, 0.717) is 17.5 Å². The Labute approximate surface area is 316 Å². The van der Waals surface area contributed by atoms with Crippen molar-refractivity contribution >= 4 is 84.6 Å². The number of aromatic nitrogens is 4. The van der Waals surface area contributed by atoms with Gasteiger partial charge in [-0.3, -0.25) is 0 Å². The summed E-state index contributed by atoms with van der Waals surface area (Å²) in [4.78, 5) is 20.6. The van der Waals surface area contributed by atoms with Gasteiger partial charge in [0.25, 0.3) is 0 Å². The van der Waals surface area contributed by atoms with Gasteiger partial charge in [0.05, 0.1) is 10.2 Å². The second-order valence-electron chi connectivity index (χ2n) is 13.0. The predicted molar refractivity (Wildman–Crippen MR) is 226 cm³/mol. The van der Waals surface area contributed by atoms with Gasteiger partial charge < -0.3 is 0 Å². The lowest BCUT2D eigenvalue weighted by Gasteiger charge is -2.10. The molecule has 11 rings (SSSR count). The Morgan fingerprint density at radius 1 is 0.340 bits per heavy atom. The minimum absolute atomic E-state index is 0.661. The maximum atomic E-state index is 5.26. The van der Waals surface area contributed by atoms with E-state index in [1.54, 1.807) is 34.0 Å². The molecule has 4 aromatic heterocycles. The monoisotopic (exact) mass is 730 g/mol. The van der Waals surface area contributed by atoms with Crippen LogP contribution < -0.4 is 0 Å². The minimum atomic E-state index is 0.661. The molecule has 0 aliphatic carbocycles. The maximum absolute atomic E-state index is 5.26. The van der Waals surface area contributed by atoms with Gasteiger partial charge in [-0.15, -0.1) is 34.0 Å². The van der Waals surface area contributed by atoms with E-state index < -0.39 is 0 Å². The average molecular weight is 731 g/mol. The van der Waals surface area contributed by atoms with Gasteiger partial charge in [-0.2, -0.15) is 0 Å². The molecule has 7 aromatic carbocycles. The van der Waals surface area contributed by atoms with Crippen LogP contribution in [0.1, 0.15) is 0 Å². The lowest BCUT2D eigenvalue weighted by molar-refractivity contribution is 1.08. The van der Waals surface area contributed by atoms with Gasteiger partial charge in [0.1, 0.15) is 5.01 Å². The number of nitrogens with zero attached hydrogens (tertiary/aromatic N) is 4. The molecule has 0 N–H and O–H groups in total. The van der Waals surface area contributed by atoms with E-state index in [2.05, 4.69) is 140 Å². The lowest BCUT2D eigenvalue weighted by Crippen LogP contribution is -2.00. The summed E-state index contributed by atoms with van der Waals surface area (Å²) >= 11 is 5.33. The first kappa shape index (κ1) is 30.5. The van der Waals surface area contributed by atoms with Gasteiger partial charge in [-0.05, 0) is 53.6 Å². The molecule has 0 aliphatic rings. The van der Waals surface area contributed by atoms with Crippen LogP contribution in [0.5, 0.6) is 0 Å². The first-order chi connectivity index (χ1) is 26.2. The Bertz CT molecular complexity index is 3180. The van der Waals surface area contributed by atoms with Crippen LogP contribution in [0.15, 0.2) is 158 Å². The third-order valence-corrected chi connectivity index (χ3v) is 13.2. The number of thiazole rings is 1. The summed E-state index contributed by atoms with van der Waals surface area (Å²) in [6.45, 7) is 0. The molecule has 0 spiro atoms. The fourth-order valence-corrected chi connectivity index (χ4v) is 10.6. The molecule has 53 heavy (non-hydrogen) atoms. The maximum Gasteiger partial charge on any atom is 0.165 e. The van der Waals surface area contributed by atoms with Crippen LogP contribution in [-0.2, 0) is 0 Å². The van der Waals surface area contributed by atoms with Crippen LogP contribution >= 0.6 is 34.0 Å². The average Bonchev–Trinajstić information content (AvgIpc) is 3.94. The van der Waals surface area contributed by atoms with Crippen LogP contribution in [-0.4, -0.2) is 19.9 Å². The Morgan fingerprint density at radius 2 is 1.00 bits per heavy atom. The van der Waals surface area contributed by atoms with E-state index in [0.717, 1.165) is 37.5 Å². The normalized spacial score (nSPS) is 11.8. The molecule has 0 saturated carbocycles. The summed E-state index contributed by atoms with van der Waals surface area (Å²) < 4.78 is 6.04. The summed E-state index contributed by atoms with van der Waals surface area (Å²) in [5.41, 5.74) is 7.53. The van der Waals surface area contributed by atoms with E-state index in [9.17, 15) is 0 Å². The van der Waals surface area contributed by atoms with Gasteiger partial charge in [0.15, 0.2) is 17.5 Å². The zero-order valence-corrected chi connectivity index (χ0v) is 30.5. The van der Waals surface area contributed by atoms with Crippen LogP contribution in [0, 0.1) is 0 Å². The Hall–Kier alpha value is -6.12. The van der Waals surface area contributed by atoms with Crippen LogP contribution in [0.25, 0.3) is 106 Å². The molecular weight excluding hydrogens is 705 g/mol. The number of hydrogen-bond acceptors (Lipinski definition) is 7. The molecule has 11 aromatic rings. The van der Waals surface area contributed by atoms with Crippen molar-refractivity contribution in [3.63, 3.8) is 0 Å². The van der Waals surface area contributed by atoms with Crippen LogP contribution in [0.3, 0.4) is 0 Å². The predicted octanol–water partition coefficient (Wildman–Crippen LogP) is 13.6. The van der Waals surface area contributed by atoms with Crippen molar-refractivity contribution in [2.45, 2.75) is 0 Å². The zero-order valence-electron chi connectivity index (χ0n) is 28.0. The third-order valence-electron chi connectivity index (χ3n) is 9.79. The smallest absolute Gasteiger partial charge is 0.165 e. The lowest BCUT2D eigenvalue weighted by atomic mass is 10.0. The van der Waals surface area contributed by atoms with E-state index in [1.807, 2.05) is 18.2 Å². The van der Waals surface area contributed by atoms with Crippen molar-refractivity contribution in [2.24, 2.45) is 0 Å². The zero-order chi connectivity index (χ0) is 34.9. The van der Waals surface area contributed by atoms with Gasteiger partial charge >= 0.3 is 0 Å². The fraction of sp³-hybridized carbons (Fsp3) is 0. The quantitative estimate of drug-likeness (QED) is 0.177. The minimum Gasteiger partial charge on any atom is -0.236 e.